The van der Waals surface area contributed by atoms with Gasteiger partial charge in [-0.1, -0.05) is 13.0 Å². The lowest BCUT2D eigenvalue weighted by atomic mass is 9.93. The van der Waals surface area contributed by atoms with Crippen LogP contribution < -0.4 is 5.32 Å². The molecule has 0 aliphatic carbocycles. The second kappa shape index (κ2) is 3.88. The van der Waals surface area contributed by atoms with Gasteiger partial charge in [0, 0.05) is 18.4 Å². The summed E-state index contributed by atoms with van der Waals surface area (Å²) in [6.07, 6.45) is 6.36. The van der Waals surface area contributed by atoms with E-state index in [1.165, 1.54) is 18.4 Å². The molecule has 0 aromatic carbocycles. The van der Waals surface area contributed by atoms with Crippen LogP contribution in [0.4, 0.5) is 0 Å². The first-order valence-electron chi connectivity index (χ1n) is 4.99. The van der Waals surface area contributed by atoms with Gasteiger partial charge in [-0.25, -0.2) is 0 Å². The molecule has 70 valence electrons. The van der Waals surface area contributed by atoms with E-state index in [-0.39, 0.29) is 0 Å². The van der Waals surface area contributed by atoms with E-state index in [1.807, 2.05) is 18.5 Å². The van der Waals surface area contributed by atoms with E-state index in [0.717, 1.165) is 12.5 Å². The molecule has 2 nitrogen and oxygen atoms in total. The lowest BCUT2D eigenvalue weighted by Gasteiger charge is -2.27. The molecule has 0 amide bonds. The normalized spacial score (nSPS) is 28.7. The second-order valence-electron chi connectivity index (χ2n) is 3.93. The highest BCUT2D eigenvalue weighted by Crippen LogP contribution is 2.24. The Morgan fingerprint density at radius 3 is 3.00 bits per heavy atom. The first-order chi connectivity index (χ1) is 6.36. The third-order valence-corrected chi connectivity index (χ3v) is 2.75. The number of pyridine rings is 1. The van der Waals surface area contributed by atoms with Crippen molar-refractivity contribution in [3.05, 3.63) is 30.1 Å². The fourth-order valence-electron chi connectivity index (χ4n) is 1.87. The molecule has 1 aromatic heterocycles. The van der Waals surface area contributed by atoms with Crippen LogP contribution in [0.1, 0.15) is 31.4 Å². The molecule has 1 N–H and O–H groups in total. The first-order valence-corrected chi connectivity index (χ1v) is 4.99. The monoisotopic (exact) mass is 176 g/mol. The summed E-state index contributed by atoms with van der Waals surface area (Å²) in [5.74, 6) is 0.827. The quantitative estimate of drug-likeness (QED) is 0.709. The van der Waals surface area contributed by atoms with Gasteiger partial charge >= 0.3 is 0 Å². The minimum Gasteiger partial charge on any atom is -0.310 e. The molecular weight excluding hydrogens is 160 g/mol. The zero-order valence-electron chi connectivity index (χ0n) is 8.03. The van der Waals surface area contributed by atoms with Crippen molar-refractivity contribution < 1.29 is 0 Å². The predicted molar refractivity (Wildman–Crippen MR) is 53.4 cm³/mol. The number of nitrogens with one attached hydrogen (secondary N) is 1. The van der Waals surface area contributed by atoms with Crippen LogP contribution >= 0.6 is 0 Å². The maximum absolute atomic E-state index is 4.14. The third kappa shape index (κ3) is 2.07. The summed E-state index contributed by atoms with van der Waals surface area (Å²) >= 11 is 0. The van der Waals surface area contributed by atoms with E-state index >= 15 is 0 Å². The Labute approximate surface area is 79.4 Å². The Kier molecular flexibility index (Phi) is 2.60. The highest BCUT2D eigenvalue weighted by Gasteiger charge is 2.18. The molecule has 13 heavy (non-hydrogen) atoms. The number of piperidine rings is 1. The van der Waals surface area contributed by atoms with Crippen LogP contribution in [0.15, 0.2) is 24.5 Å². The fraction of sp³-hybridized carbons (Fsp3) is 0.545. The van der Waals surface area contributed by atoms with Crippen molar-refractivity contribution in [1.82, 2.24) is 10.3 Å². The van der Waals surface area contributed by atoms with Crippen molar-refractivity contribution >= 4 is 0 Å². The van der Waals surface area contributed by atoms with Crippen molar-refractivity contribution in [2.24, 2.45) is 5.92 Å². The average Bonchev–Trinajstić information content (AvgIpc) is 2.20. The molecule has 1 aliphatic rings. The molecule has 1 fully saturated rings. The van der Waals surface area contributed by atoms with Crippen LogP contribution in [0.2, 0.25) is 0 Å². The molecule has 2 heterocycles. The largest absolute Gasteiger partial charge is 0.310 e. The van der Waals surface area contributed by atoms with Crippen molar-refractivity contribution in [1.29, 1.82) is 0 Å². The van der Waals surface area contributed by atoms with Crippen LogP contribution in [0.25, 0.3) is 0 Å². The number of hydrogen-bond donors (Lipinski definition) is 1. The predicted octanol–water partition coefficient (Wildman–Crippen LogP) is 2.14. The summed E-state index contributed by atoms with van der Waals surface area (Å²) in [4.78, 5) is 4.14. The van der Waals surface area contributed by atoms with E-state index in [0.29, 0.717) is 6.04 Å². The Bertz CT molecular complexity index is 250. The van der Waals surface area contributed by atoms with Crippen LogP contribution in [-0.2, 0) is 0 Å². The van der Waals surface area contributed by atoms with Gasteiger partial charge in [0.05, 0.1) is 0 Å². The van der Waals surface area contributed by atoms with Crippen molar-refractivity contribution in [2.75, 3.05) is 6.54 Å². The molecule has 0 radical (unpaired) electrons. The van der Waals surface area contributed by atoms with E-state index in [1.54, 1.807) is 0 Å². The van der Waals surface area contributed by atoms with Gasteiger partial charge in [0.2, 0.25) is 0 Å². The van der Waals surface area contributed by atoms with Gasteiger partial charge in [-0.15, -0.1) is 0 Å². The fourth-order valence-corrected chi connectivity index (χ4v) is 1.87. The van der Waals surface area contributed by atoms with Gasteiger partial charge in [0.25, 0.3) is 0 Å². The lowest BCUT2D eigenvalue weighted by Crippen LogP contribution is -2.31. The molecular formula is C11H16N2. The Morgan fingerprint density at radius 2 is 2.38 bits per heavy atom. The summed E-state index contributed by atoms with van der Waals surface area (Å²) in [6.45, 7) is 3.44. The number of nitrogens with zero attached hydrogens (tertiary/aromatic N) is 1. The Balaban J connectivity index is 2.03. The average molecular weight is 176 g/mol. The van der Waals surface area contributed by atoms with Crippen LogP contribution in [-0.4, -0.2) is 11.5 Å². The summed E-state index contributed by atoms with van der Waals surface area (Å²) in [6, 6.07) is 4.69. The number of rotatable bonds is 1. The molecule has 0 bridgehead atoms. The molecule has 1 aromatic rings. The topological polar surface area (TPSA) is 24.9 Å². The molecule has 0 saturated carbocycles. The zero-order valence-corrected chi connectivity index (χ0v) is 8.03. The van der Waals surface area contributed by atoms with E-state index < -0.39 is 0 Å². The standard InChI is InChI=1S/C11H16N2/c1-9-4-5-11(13-7-9)10-3-2-6-12-8-10/h2-3,6,8-9,11,13H,4-5,7H2,1H3/t9-,11+/m0/s1. The molecule has 1 saturated heterocycles. The zero-order chi connectivity index (χ0) is 9.10. The lowest BCUT2D eigenvalue weighted by molar-refractivity contribution is 0.332. The SMILES string of the molecule is C[C@H]1CC[C@H](c2cccnc2)NC1. The third-order valence-electron chi connectivity index (χ3n) is 2.75. The van der Waals surface area contributed by atoms with Gasteiger partial charge in [-0.3, -0.25) is 4.98 Å². The number of hydrogen-bond acceptors (Lipinski definition) is 2. The minimum absolute atomic E-state index is 0.532. The summed E-state index contributed by atoms with van der Waals surface area (Å²) < 4.78 is 0. The minimum atomic E-state index is 0.532. The molecule has 0 spiro atoms. The molecule has 2 atom stereocenters. The number of aromatic nitrogens is 1. The van der Waals surface area contributed by atoms with Gasteiger partial charge < -0.3 is 5.32 Å². The van der Waals surface area contributed by atoms with E-state index in [2.05, 4.69) is 23.3 Å². The van der Waals surface area contributed by atoms with Crippen LogP contribution in [0.3, 0.4) is 0 Å². The van der Waals surface area contributed by atoms with Crippen molar-refractivity contribution in [2.45, 2.75) is 25.8 Å². The highest BCUT2D eigenvalue weighted by molar-refractivity contribution is 5.14. The van der Waals surface area contributed by atoms with Gasteiger partial charge in [0.15, 0.2) is 0 Å². The summed E-state index contributed by atoms with van der Waals surface area (Å²) in [5, 5.41) is 3.55. The summed E-state index contributed by atoms with van der Waals surface area (Å²) in [7, 11) is 0. The Morgan fingerprint density at radius 1 is 1.46 bits per heavy atom. The van der Waals surface area contributed by atoms with E-state index in [9.17, 15) is 0 Å². The van der Waals surface area contributed by atoms with Crippen molar-refractivity contribution in [3.63, 3.8) is 0 Å². The Hall–Kier alpha value is -0.890. The highest BCUT2D eigenvalue weighted by atomic mass is 14.9. The second-order valence-corrected chi connectivity index (χ2v) is 3.93. The van der Waals surface area contributed by atoms with Crippen molar-refractivity contribution in [3.8, 4) is 0 Å². The van der Waals surface area contributed by atoms with Crippen LogP contribution in [0.5, 0.6) is 0 Å². The molecule has 0 unspecified atom stereocenters. The van der Waals surface area contributed by atoms with Crippen LogP contribution in [0, 0.1) is 5.92 Å². The molecule has 2 heteroatoms. The maximum atomic E-state index is 4.14. The molecule has 2 rings (SSSR count). The van der Waals surface area contributed by atoms with Gasteiger partial charge in [-0.05, 0) is 36.9 Å². The maximum Gasteiger partial charge on any atom is 0.0335 e. The summed E-state index contributed by atoms with van der Waals surface area (Å²) in [5.41, 5.74) is 1.33. The smallest absolute Gasteiger partial charge is 0.0335 e. The molecule has 1 aliphatic heterocycles. The van der Waals surface area contributed by atoms with Gasteiger partial charge in [-0.2, -0.15) is 0 Å². The van der Waals surface area contributed by atoms with Gasteiger partial charge in [0.1, 0.15) is 0 Å². The first kappa shape index (κ1) is 8.70. The van der Waals surface area contributed by atoms with E-state index in [4.69, 9.17) is 0 Å².